The van der Waals surface area contributed by atoms with Crippen molar-refractivity contribution in [2.24, 2.45) is 7.05 Å². The SMILES string of the molecule is CCc1nn(C)cc1C(=O)NC1(C)CCNCC1. The molecule has 1 aliphatic heterocycles. The number of hydrogen-bond donors (Lipinski definition) is 2. The van der Waals surface area contributed by atoms with Crippen LogP contribution in [-0.4, -0.2) is 34.3 Å². The normalized spacial score (nSPS) is 18.6. The number of nitrogens with one attached hydrogen (secondary N) is 2. The number of amides is 1. The van der Waals surface area contributed by atoms with Gasteiger partial charge in [-0.2, -0.15) is 5.10 Å². The maximum absolute atomic E-state index is 12.3. The van der Waals surface area contributed by atoms with Crippen LogP contribution in [-0.2, 0) is 13.5 Å². The van der Waals surface area contributed by atoms with Crippen LogP contribution in [0, 0.1) is 0 Å². The summed E-state index contributed by atoms with van der Waals surface area (Å²) in [5, 5.41) is 10.8. The second-order valence-corrected chi connectivity index (χ2v) is 5.28. The molecule has 1 aromatic rings. The van der Waals surface area contributed by atoms with Crippen molar-refractivity contribution in [3.63, 3.8) is 0 Å². The molecule has 1 aliphatic rings. The molecular weight excluding hydrogens is 228 g/mol. The van der Waals surface area contributed by atoms with Crippen molar-refractivity contribution in [1.29, 1.82) is 0 Å². The van der Waals surface area contributed by atoms with Gasteiger partial charge in [-0.3, -0.25) is 9.48 Å². The van der Waals surface area contributed by atoms with Gasteiger partial charge < -0.3 is 10.6 Å². The van der Waals surface area contributed by atoms with Crippen LogP contribution in [0.1, 0.15) is 42.7 Å². The fraction of sp³-hybridized carbons (Fsp3) is 0.692. The zero-order chi connectivity index (χ0) is 13.2. The quantitative estimate of drug-likeness (QED) is 0.836. The summed E-state index contributed by atoms with van der Waals surface area (Å²) in [6, 6.07) is 0. The molecular formula is C13H22N4O. The third kappa shape index (κ3) is 2.72. The first kappa shape index (κ1) is 13.1. The van der Waals surface area contributed by atoms with Crippen molar-refractivity contribution in [1.82, 2.24) is 20.4 Å². The van der Waals surface area contributed by atoms with Crippen molar-refractivity contribution >= 4 is 5.91 Å². The van der Waals surface area contributed by atoms with Crippen LogP contribution < -0.4 is 10.6 Å². The Hall–Kier alpha value is -1.36. The molecule has 5 nitrogen and oxygen atoms in total. The molecule has 1 amide bonds. The minimum Gasteiger partial charge on any atom is -0.347 e. The van der Waals surface area contributed by atoms with Gasteiger partial charge >= 0.3 is 0 Å². The number of carbonyl (C=O) groups excluding carboxylic acids is 1. The minimum atomic E-state index is -0.0941. The van der Waals surface area contributed by atoms with E-state index in [2.05, 4.69) is 22.7 Å². The number of aryl methyl sites for hydroxylation is 2. The fourth-order valence-electron chi connectivity index (χ4n) is 2.43. The van der Waals surface area contributed by atoms with Crippen LogP contribution in [0.5, 0.6) is 0 Å². The molecule has 1 fully saturated rings. The van der Waals surface area contributed by atoms with Crippen LogP contribution in [0.15, 0.2) is 6.20 Å². The first-order valence-electron chi connectivity index (χ1n) is 6.60. The Balaban J connectivity index is 2.11. The van der Waals surface area contributed by atoms with Crippen molar-refractivity contribution in [2.75, 3.05) is 13.1 Å². The van der Waals surface area contributed by atoms with Crippen LogP contribution in [0.4, 0.5) is 0 Å². The molecule has 0 aromatic carbocycles. The maximum Gasteiger partial charge on any atom is 0.255 e. The topological polar surface area (TPSA) is 59.0 Å². The number of rotatable bonds is 3. The van der Waals surface area contributed by atoms with Crippen LogP contribution in [0.25, 0.3) is 0 Å². The van der Waals surface area contributed by atoms with Crippen molar-refractivity contribution in [3.8, 4) is 0 Å². The van der Waals surface area contributed by atoms with Crippen molar-refractivity contribution in [2.45, 2.75) is 38.6 Å². The number of hydrogen-bond acceptors (Lipinski definition) is 3. The molecule has 2 rings (SSSR count). The zero-order valence-corrected chi connectivity index (χ0v) is 11.4. The Morgan fingerprint density at radius 3 is 2.83 bits per heavy atom. The summed E-state index contributed by atoms with van der Waals surface area (Å²) < 4.78 is 1.71. The summed E-state index contributed by atoms with van der Waals surface area (Å²) in [6.07, 6.45) is 4.53. The van der Waals surface area contributed by atoms with Crippen LogP contribution >= 0.6 is 0 Å². The summed E-state index contributed by atoms with van der Waals surface area (Å²) in [6.45, 7) is 6.06. The van der Waals surface area contributed by atoms with E-state index in [0.717, 1.165) is 38.0 Å². The highest BCUT2D eigenvalue weighted by molar-refractivity contribution is 5.95. The molecule has 0 saturated carbocycles. The lowest BCUT2D eigenvalue weighted by molar-refractivity contribution is 0.0886. The van der Waals surface area contributed by atoms with E-state index in [0.29, 0.717) is 5.56 Å². The Labute approximate surface area is 108 Å². The highest BCUT2D eigenvalue weighted by atomic mass is 16.1. The monoisotopic (exact) mass is 250 g/mol. The van der Waals surface area contributed by atoms with E-state index in [1.54, 1.807) is 10.9 Å². The van der Waals surface area contributed by atoms with Gasteiger partial charge in [-0.1, -0.05) is 6.92 Å². The van der Waals surface area contributed by atoms with E-state index >= 15 is 0 Å². The van der Waals surface area contributed by atoms with Gasteiger partial charge in [0.1, 0.15) is 0 Å². The molecule has 5 heteroatoms. The van der Waals surface area contributed by atoms with Crippen molar-refractivity contribution in [3.05, 3.63) is 17.5 Å². The molecule has 0 radical (unpaired) electrons. The predicted octanol–water partition coefficient (Wildman–Crippen LogP) is 0.854. The second kappa shape index (κ2) is 5.10. The average molecular weight is 250 g/mol. The van der Waals surface area contributed by atoms with Gasteiger partial charge in [-0.25, -0.2) is 0 Å². The van der Waals surface area contributed by atoms with Gasteiger partial charge in [0.25, 0.3) is 5.91 Å². The fourth-order valence-corrected chi connectivity index (χ4v) is 2.43. The van der Waals surface area contributed by atoms with E-state index in [-0.39, 0.29) is 11.4 Å². The summed E-state index contributed by atoms with van der Waals surface area (Å²) in [7, 11) is 1.85. The van der Waals surface area contributed by atoms with Gasteiger partial charge in [0.05, 0.1) is 11.3 Å². The lowest BCUT2D eigenvalue weighted by atomic mass is 9.90. The van der Waals surface area contributed by atoms with Gasteiger partial charge in [0.15, 0.2) is 0 Å². The van der Waals surface area contributed by atoms with Gasteiger partial charge in [-0.05, 0) is 39.3 Å². The molecule has 0 spiro atoms. The van der Waals surface area contributed by atoms with Crippen LogP contribution in [0.2, 0.25) is 0 Å². The zero-order valence-electron chi connectivity index (χ0n) is 11.4. The summed E-state index contributed by atoms with van der Waals surface area (Å²) >= 11 is 0. The molecule has 100 valence electrons. The smallest absolute Gasteiger partial charge is 0.255 e. The molecule has 1 saturated heterocycles. The number of carbonyl (C=O) groups is 1. The highest BCUT2D eigenvalue weighted by Gasteiger charge is 2.29. The summed E-state index contributed by atoms with van der Waals surface area (Å²) in [5.41, 5.74) is 1.48. The molecule has 1 aromatic heterocycles. The Morgan fingerprint density at radius 2 is 2.22 bits per heavy atom. The summed E-state index contributed by atoms with van der Waals surface area (Å²) in [4.78, 5) is 12.3. The van der Waals surface area contributed by atoms with E-state index in [1.165, 1.54) is 0 Å². The molecule has 0 aliphatic carbocycles. The molecule has 0 atom stereocenters. The molecule has 0 bridgehead atoms. The first-order chi connectivity index (χ1) is 8.54. The third-order valence-corrected chi connectivity index (χ3v) is 3.61. The standard InChI is InChI=1S/C13H22N4O/c1-4-11-10(9-17(3)16-11)12(18)15-13(2)5-7-14-8-6-13/h9,14H,4-8H2,1-3H3,(H,15,18). The molecule has 18 heavy (non-hydrogen) atoms. The van der Waals surface area contributed by atoms with Gasteiger partial charge in [0, 0.05) is 18.8 Å². The van der Waals surface area contributed by atoms with Crippen molar-refractivity contribution < 1.29 is 4.79 Å². The van der Waals surface area contributed by atoms with Gasteiger partial charge in [-0.15, -0.1) is 0 Å². The second-order valence-electron chi connectivity index (χ2n) is 5.28. The number of aromatic nitrogens is 2. The van der Waals surface area contributed by atoms with Gasteiger partial charge in [0.2, 0.25) is 0 Å². The third-order valence-electron chi connectivity index (χ3n) is 3.61. The molecule has 2 N–H and O–H groups in total. The maximum atomic E-state index is 12.3. The predicted molar refractivity (Wildman–Crippen MR) is 70.6 cm³/mol. The lowest BCUT2D eigenvalue weighted by Crippen LogP contribution is -2.52. The average Bonchev–Trinajstić information content (AvgIpc) is 2.71. The van der Waals surface area contributed by atoms with E-state index in [9.17, 15) is 4.79 Å². The largest absolute Gasteiger partial charge is 0.347 e. The number of nitrogens with zero attached hydrogens (tertiary/aromatic N) is 2. The first-order valence-corrected chi connectivity index (χ1v) is 6.60. The number of piperidine rings is 1. The molecule has 0 unspecified atom stereocenters. The van der Waals surface area contributed by atoms with E-state index in [1.807, 2.05) is 14.0 Å². The summed E-state index contributed by atoms with van der Waals surface area (Å²) in [5.74, 6) is 0.00403. The Kier molecular flexibility index (Phi) is 3.71. The Morgan fingerprint density at radius 1 is 1.56 bits per heavy atom. The van der Waals surface area contributed by atoms with E-state index < -0.39 is 0 Å². The molecule has 2 heterocycles. The van der Waals surface area contributed by atoms with Crippen LogP contribution in [0.3, 0.4) is 0 Å². The lowest BCUT2D eigenvalue weighted by Gasteiger charge is -2.34. The highest BCUT2D eigenvalue weighted by Crippen LogP contribution is 2.18. The minimum absolute atomic E-state index is 0.00403. The van der Waals surface area contributed by atoms with E-state index in [4.69, 9.17) is 0 Å². The Bertz CT molecular complexity index is 432.